The van der Waals surface area contributed by atoms with E-state index >= 15 is 0 Å². The maximum absolute atomic E-state index is 11.7. The van der Waals surface area contributed by atoms with E-state index in [9.17, 15) is 4.79 Å². The van der Waals surface area contributed by atoms with E-state index in [4.69, 9.17) is 5.26 Å². The van der Waals surface area contributed by atoms with E-state index in [1.165, 1.54) is 12.8 Å². The summed E-state index contributed by atoms with van der Waals surface area (Å²) in [5, 5.41) is 11.3. The molecule has 0 spiro atoms. The van der Waals surface area contributed by atoms with Gasteiger partial charge in [0.25, 0.3) is 0 Å². The van der Waals surface area contributed by atoms with Crippen molar-refractivity contribution in [2.24, 2.45) is 0 Å². The lowest BCUT2D eigenvalue weighted by molar-refractivity contribution is 0.199. The Morgan fingerprint density at radius 2 is 1.88 bits per heavy atom. The summed E-state index contributed by atoms with van der Waals surface area (Å²) in [5.41, 5.74) is 0. The van der Waals surface area contributed by atoms with Gasteiger partial charge >= 0.3 is 6.03 Å². The van der Waals surface area contributed by atoms with E-state index in [1.54, 1.807) is 0 Å². The molecule has 0 saturated carbocycles. The van der Waals surface area contributed by atoms with Gasteiger partial charge in [0, 0.05) is 26.1 Å². The summed E-state index contributed by atoms with van der Waals surface area (Å²) in [4.78, 5) is 13.6. The molecule has 90 valence electrons. The van der Waals surface area contributed by atoms with E-state index in [1.807, 2.05) is 4.90 Å². The molecule has 1 fully saturated rings. The van der Waals surface area contributed by atoms with Crippen molar-refractivity contribution in [3.8, 4) is 6.07 Å². The number of nitrogens with one attached hydrogen (secondary N) is 1. The van der Waals surface area contributed by atoms with Gasteiger partial charge < -0.3 is 10.2 Å². The van der Waals surface area contributed by atoms with Crippen molar-refractivity contribution in [3.63, 3.8) is 0 Å². The third-order valence-corrected chi connectivity index (χ3v) is 2.88. The highest BCUT2D eigenvalue weighted by Crippen LogP contribution is 2.09. The molecule has 1 rings (SSSR count). The molecule has 0 aliphatic carbocycles. The number of carbonyl (C=O) groups excluding carboxylic acids is 1. The van der Waals surface area contributed by atoms with Crippen molar-refractivity contribution in [2.45, 2.75) is 44.9 Å². The first kappa shape index (κ1) is 12.8. The van der Waals surface area contributed by atoms with Gasteiger partial charge in [-0.25, -0.2) is 4.79 Å². The van der Waals surface area contributed by atoms with Crippen LogP contribution in [0.4, 0.5) is 4.79 Å². The third kappa shape index (κ3) is 5.01. The lowest BCUT2D eigenvalue weighted by Gasteiger charge is -2.20. The van der Waals surface area contributed by atoms with Crippen LogP contribution in [0.25, 0.3) is 0 Å². The maximum atomic E-state index is 11.7. The predicted octanol–water partition coefficient (Wildman–Crippen LogP) is 2.27. The fourth-order valence-corrected chi connectivity index (χ4v) is 1.91. The van der Waals surface area contributed by atoms with Crippen LogP contribution in [0.2, 0.25) is 0 Å². The van der Waals surface area contributed by atoms with Crippen LogP contribution in [0, 0.1) is 11.3 Å². The summed E-state index contributed by atoms with van der Waals surface area (Å²) >= 11 is 0. The van der Waals surface area contributed by atoms with Crippen LogP contribution in [0.5, 0.6) is 0 Å². The van der Waals surface area contributed by atoms with Gasteiger partial charge in [-0.05, 0) is 25.7 Å². The second-order valence-corrected chi connectivity index (χ2v) is 4.25. The highest BCUT2D eigenvalue weighted by atomic mass is 16.2. The van der Waals surface area contributed by atoms with Crippen molar-refractivity contribution in [1.29, 1.82) is 5.26 Å². The zero-order valence-electron chi connectivity index (χ0n) is 9.87. The van der Waals surface area contributed by atoms with Crippen molar-refractivity contribution >= 4 is 6.03 Å². The topological polar surface area (TPSA) is 56.1 Å². The normalized spacial score (nSPS) is 16.3. The van der Waals surface area contributed by atoms with Gasteiger partial charge in [0.1, 0.15) is 0 Å². The summed E-state index contributed by atoms with van der Waals surface area (Å²) in [5.74, 6) is 0. The van der Waals surface area contributed by atoms with E-state index in [0.717, 1.165) is 38.8 Å². The molecule has 1 N–H and O–H groups in total. The van der Waals surface area contributed by atoms with Gasteiger partial charge in [-0.3, -0.25) is 0 Å². The quantitative estimate of drug-likeness (QED) is 0.743. The molecule has 0 aromatic rings. The SMILES string of the molecule is N#CCCCCNC(=O)N1CCCCCC1. The number of likely N-dealkylation sites (tertiary alicyclic amines) is 1. The molecule has 0 unspecified atom stereocenters. The van der Waals surface area contributed by atoms with Crippen LogP contribution in [-0.2, 0) is 0 Å². The number of rotatable bonds is 4. The molecule has 1 aliphatic rings. The fraction of sp³-hybridized carbons (Fsp3) is 0.833. The summed E-state index contributed by atoms with van der Waals surface area (Å²) < 4.78 is 0. The average molecular weight is 223 g/mol. The summed E-state index contributed by atoms with van der Waals surface area (Å²) in [6.07, 6.45) is 7.09. The van der Waals surface area contributed by atoms with Crippen LogP contribution < -0.4 is 5.32 Å². The summed E-state index contributed by atoms with van der Waals surface area (Å²) in [6.45, 7) is 2.48. The van der Waals surface area contributed by atoms with Gasteiger partial charge in [0.15, 0.2) is 0 Å². The second-order valence-electron chi connectivity index (χ2n) is 4.25. The number of nitriles is 1. The smallest absolute Gasteiger partial charge is 0.317 e. The zero-order chi connectivity index (χ0) is 11.6. The first-order valence-corrected chi connectivity index (χ1v) is 6.24. The minimum Gasteiger partial charge on any atom is -0.338 e. The Labute approximate surface area is 97.6 Å². The van der Waals surface area contributed by atoms with E-state index in [2.05, 4.69) is 11.4 Å². The summed E-state index contributed by atoms with van der Waals surface area (Å²) in [6, 6.07) is 2.17. The summed E-state index contributed by atoms with van der Waals surface area (Å²) in [7, 11) is 0. The molecule has 16 heavy (non-hydrogen) atoms. The van der Waals surface area contributed by atoms with Crippen LogP contribution >= 0.6 is 0 Å². The van der Waals surface area contributed by atoms with Gasteiger partial charge in [-0.2, -0.15) is 5.26 Å². The number of nitrogens with zero attached hydrogens (tertiary/aromatic N) is 2. The molecule has 0 radical (unpaired) electrons. The Hall–Kier alpha value is -1.24. The number of unbranched alkanes of at least 4 members (excludes halogenated alkanes) is 2. The van der Waals surface area contributed by atoms with Crippen molar-refractivity contribution < 1.29 is 4.79 Å². The lowest BCUT2D eigenvalue weighted by Crippen LogP contribution is -2.40. The highest BCUT2D eigenvalue weighted by molar-refractivity contribution is 5.74. The standard InChI is InChI=1S/C12H21N3O/c13-8-4-3-5-9-14-12(16)15-10-6-1-2-7-11-15/h1-7,9-11H2,(H,14,16). The monoisotopic (exact) mass is 223 g/mol. The average Bonchev–Trinajstić information content (AvgIpc) is 2.57. The largest absolute Gasteiger partial charge is 0.338 e. The molecule has 2 amide bonds. The van der Waals surface area contributed by atoms with Gasteiger partial charge in [-0.15, -0.1) is 0 Å². The molecule has 1 saturated heterocycles. The van der Waals surface area contributed by atoms with Crippen LogP contribution in [0.15, 0.2) is 0 Å². The molecule has 4 heteroatoms. The first-order chi connectivity index (χ1) is 7.84. The Bertz CT molecular complexity index is 239. The molecule has 1 aliphatic heterocycles. The van der Waals surface area contributed by atoms with Crippen LogP contribution in [-0.4, -0.2) is 30.6 Å². The minimum absolute atomic E-state index is 0.0684. The molecular weight excluding hydrogens is 202 g/mol. The number of hydrogen-bond acceptors (Lipinski definition) is 2. The number of carbonyl (C=O) groups is 1. The first-order valence-electron chi connectivity index (χ1n) is 6.24. The molecule has 0 aromatic heterocycles. The van der Waals surface area contributed by atoms with E-state index < -0.39 is 0 Å². The van der Waals surface area contributed by atoms with E-state index in [0.29, 0.717) is 13.0 Å². The Balaban J connectivity index is 2.11. The minimum atomic E-state index is 0.0684. The van der Waals surface area contributed by atoms with Crippen molar-refractivity contribution in [1.82, 2.24) is 10.2 Å². The zero-order valence-corrected chi connectivity index (χ0v) is 9.87. The Morgan fingerprint density at radius 1 is 1.19 bits per heavy atom. The fourth-order valence-electron chi connectivity index (χ4n) is 1.91. The lowest BCUT2D eigenvalue weighted by atomic mass is 10.2. The Morgan fingerprint density at radius 3 is 2.50 bits per heavy atom. The molecule has 0 atom stereocenters. The van der Waals surface area contributed by atoms with Crippen molar-refractivity contribution in [2.75, 3.05) is 19.6 Å². The molecule has 1 heterocycles. The van der Waals surface area contributed by atoms with Crippen LogP contribution in [0.3, 0.4) is 0 Å². The van der Waals surface area contributed by atoms with E-state index in [-0.39, 0.29) is 6.03 Å². The maximum Gasteiger partial charge on any atom is 0.317 e. The molecule has 4 nitrogen and oxygen atoms in total. The van der Waals surface area contributed by atoms with Crippen LogP contribution in [0.1, 0.15) is 44.9 Å². The second kappa shape index (κ2) is 7.98. The number of urea groups is 1. The van der Waals surface area contributed by atoms with Crippen molar-refractivity contribution in [3.05, 3.63) is 0 Å². The Kier molecular flexibility index (Phi) is 6.39. The predicted molar refractivity (Wildman–Crippen MR) is 62.9 cm³/mol. The molecular formula is C12H21N3O. The van der Waals surface area contributed by atoms with Gasteiger partial charge in [0.2, 0.25) is 0 Å². The molecule has 0 bridgehead atoms. The number of hydrogen-bond donors (Lipinski definition) is 1. The third-order valence-electron chi connectivity index (χ3n) is 2.88. The highest BCUT2D eigenvalue weighted by Gasteiger charge is 2.14. The molecule has 0 aromatic carbocycles. The van der Waals surface area contributed by atoms with Gasteiger partial charge in [-0.1, -0.05) is 12.8 Å². The van der Waals surface area contributed by atoms with Gasteiger partial charge in [0.05, 0.1) is 6.07 Å². The number of amides is 2.